The van der Waals surface area contributed by atoms with E-state index in [1.807, 2.05) is 0 Å². The number of anilines is 1. The molecule has 2 fully saturated rings. The number of carbonyl (C=O) groups excluding carboxylic acids is 1. The van der Waals surface area contributed by atoms with Crippen LogP contribution >= 0.6 is 0 Å². The molecule has 0 unspecified atom stereocenters. The topological polar surface area (TPSA) is 70.9 Å². The Morgan fingerprint density at radius 3 is 2.50 bits per heavy atom. The van der Waals surface area contributed by atoms with Gasteiger partial charge in [0.25, 0.3) is 5.91 Å². The van der Waals surface area contributed by atoms with Crippen LogP contribution < -0.4 is 10.2 Å². The lowest BCUT2D eigenvalue weighted by atomic mass is 10.2. The standard InChI is InChI=1S/C17H25N3O3S/c21-17(14-19-9-4-5-10-19)18-15-7-6-8-16(13-15)24(22,23)20-11-2-1-3-12-20/h6-8,13H,1-5,9-12,14H2,(H,18,21)/p+1. The first-order valence-electron chi connectivity index (χ1n) is 8.79. The summed E-state index contributed by atoms with van der Waals surface area (Å²) in [6.07, 6.45) is 5.25. The predicted octanol–water partition coefficient (Wildman–Crippen LogP) is 0.478. The summed E-state index contributed by atoms with van der Waals surface area (Å²) >= 11 is 0. The van der Waals surface area contributed by atoms with Crippen molar-refractivity contribution in [3.8, 4) is 0 Å². The summed E-state index contributed by atoms with van der Waals surface area (Å²) in [5.74, 6) is -0.0561. The zero-order valence-corrected chi connectivity index (χ0v) is 14.8. The van der Waals surface area contributed by atoms with Crippen molar-refractivity contribution in [1.29, 1.82) is 0 Å². The van der Waals surface area contributed by atoms with Crippen LogP contribution in [0.3, 0.4) is 0 Å². The largest absolute Gasteiger partial charge is 0.327 e. The summed E-state index contributed by atoms with van der Waals surface area (Å²) in [4.78, 5) is 13.7. The van der Waals surface area contributed by atoms with Gasteiger partial charge in [-0.3, -0.25) is 4.79 Å². The highest BCUT2D eigenvalue weighted by molar-refractivity contribution is 7.89. The molecule has 0 radical (unpaired) electrons. The van der Waals surface area contributed by atoms with E-state index >= 15 is 0 Å². The maximum atomic E-state index is 12.7. The van der Waals surface area contributed by atoms with E-state index in [2.05, 4.69) is 5.32 Å². The molecular weight excluding hydrogens is 326 g/mol. The first-order valence-corrected chi connectivity index (χ1v) is 10.2. The number of carbonyl (C=O) groups is 1. The Labute approximate surface area is 143 Å². The van der Waals surface area contributed by atoms with Crippen LogP contribution in [0.2, 0.25) is 0 Å². The highest BCUT2D eigenvalue weighted by Crippen LogP contribution is 2.22. The Bertz CT molecular complexity index is 678. The van der Waals surface area contributed by atoms with E-state index in [0.717, 1.165) is 32.4 Å². The van der Waals surface area contributed by atoms with Gasteiger partial charge in [0.05, 0.1) is 18.0 Å². The van der Waals surface area contributed by atoms with Crippen molar-refractivity contribution in [2.24, 2.45) is 0 Å². The van der Waals surface area contributed by atoms with Crippen LogP contribution in [0.15, 0.2) is 29.2 Å². The second kappa shape index (κ2) is 7.63. The molecule has 2 aliphatic rings. The number of hydrogen-bond acceptors (Lipinski definition) is 3. The van der Waals surface area contributed by atoms with Crippen molar-refractivity contribution in [2.75, 3.05) is 38.0 Å². The molecule has 0 saturated carbocycles. The average Bonchev–Trinajstić information content (AvgIpc) is 3.08. The Morgan fingerprint density at radius 1 is 1.08 bits per heavy atom. The molecule has 7 heteroatoms. The first-order chi connectivity index (χ1) is 11.6. The number of rotatable bonds is 5. The lowest BCUT2D eigenvalue weighted by Crippen LogP contribution is -3.11. The van der Waals surface area contributed by atoms with E-state index in [1.54, 1.807) is 28.6 Å². The first kappa shape index (κ1) is 17.4. The number of likely N-dealkylation sites (tertiary alicyclic amines) is 1. The zero-order valence-electron chi connectivity index (χ0n) is 14.0. The molecule has 1 aromatic carbocycles. The average molecular weight is 352 g/mol. The monoisotopic (exact) mass is 352 g/mol. The van der Waals surface area contributed by atoms with Crippen LogP contribution in [0.5, 0.6) is 0 Å². The Hall–Kier alpha value is -1.44. The fourth-order valence-electron chi connectivity index (χ4n) is 3.47. The molecule has 0 bridgehead atoms. The summed E-state index contributed by atoms with van der Waals surface area (Å²) < 4.78 is 27.0. The molecule has 6 nitrogen and oxygen atoms in total. The molecule has 24 heavy (non-hydrogen) atoms. The number of benzene rings is 1. The van der Waals surface area contributed by atoms with Gasteiger partial charge in [-0.15, -0.1) is 0 Å². The van der Waals surface area contributed by atoms with Gasteiger partial charge < -0.3 is 10.2 Å². The minimum absolute atomic E-state index is 0.0561. The SMILES string of the molecule is O=C(C[NH+]1CCCC1)Nc1cccc(S(=O)(=O)N2CCCCC2)c1. The quantitative estimate of drug-likeness (QED) is 0.810. The van der Waals surface area contributed by atoms with Crippen LogP contribution in [-0.2, 0) is 14.8 Å². The lowest BCUT2D eigenvalue weighted by Gasteiger charge is -2.26. The van der Waals surface area contributed by atoms with Crippen molar-refractivity contribution in [2.45, 2.75) is 37.0 Å². The van der Waals surface area contributed by atoms with E-state index in [4.69, 9.17) is 0 Å². The van der Waals surface area contributed by atoms with E-state index < -0.39 is 10.0 Å². The van der Waals surface area contributed by atoms with Crippen LogP contribution in [0.1, 0.15) is 32.1 Å². The van der Waals surface area contributed by atoms with Crippen LogP contribution in [0.4, 0.5) is 5.69 Å². The smallest absolute Gasteiger partial charge is 0.279 e. The normalized spacial score (nSPS) is 20.2. The van der Waals surface area contributed by atoms with Crippen molar-refractivity contribution >= 4 is 21.6 Å². The molecule has 1 amide bonds. The highest BCUT2D eigenvalue weighted by atomic mass is 32.2. The molecule has 0 aliphatic carbocycles. The lowest BCUT2D eigenvalue weighted by molar-refractivity contribution is -0.878. The van der Waals surface area contributed by atoms with E-state index in [1.165, 1.54) is 17.7 Å². The summed E-state index contributed by atoms with van der Waals surface area (Å²) in [6.45, 7) is 3.69. The fraction of sp³-hybridized carbons (Fsp3) is 0.588. The number of nitrogens with one attached hydrogen (secondary N) is 2. The molecule has 0 atom stereocenters. The third kappa shape index (κ3) is 4.15. The van der Waals surface area contributed by atoms with Crippen LogP contribution in [-0.4, -0.2) is 51.4 Å². The number of hydrogen-bond donors (Lipinski definition) is 2. The number of quaternary nitrogens is 1. The third-order valence-corrected chi connectivity index (χ3v) is 6.69. The van der Waals surface area contributed by atoms with E-state index in [0.29, 0.717) is 25.3 Å². The molecule has 0 spiro atoms. The van der Waals surface area contributed by atoms with Crippen molar-refractivity contribution < 1.29 is 18.1 Å². The summed E-state index contributed by atoms with van der Waals surface area (Å²) in [5, 5.41) is 2.84. The van der Waals surface area contributed by atoms with Crippen molar-refractivity contribution in [1.82, 2.24) is 4.31 Å². The van der Waals surface area contributed by atoms with Crippen LogP contribution in [0, 0.1) is 0 Å². The van der Waals surface area contributed by atoms with Crippen molar-refractivity contribution in [3.05, 3.63) is 24.3 Å². The van der Waals surface area contributed by atoms with Gasteiger partial charge in [0.2, 0.25) is 10.0 Å². The molecule has 2 N–H and O–H groups in total. The fourth-order valence-corrected chi connectivity index (χ4v) is 5.04. The molecular formula is C17H26N3O3S+. The highest BCUT2D eigenvalue weighted by Gasteiger charge is 2.26. The molecule has 2 aliphatic heterocycles. The summed E-state index contributed by atoms with van der Waals surface area (Å²) in [7, 11) is -3.47. The Morgan fingerprint density at radius 2 is 1.79 bits per heavy atom. The Balaban J connectivity index is 1.67. The molecule has 3 rings (SSSR count). The minimum Gasteiger partial charge on any atom is -0.327 e. The number of amides is 1. The van der Waals surface area contributed by atoms with Gasteiger partial charge in [0.15, 0.2) is 6.54 Å². The molecule has 2 saturated heterocycles. The minimum atomic E-state index is -3.47. The van der Waals surface area contributed by atoms with Gasteiger partial charge in [-0.05, 0) is 31.0 Å². The van der Waals surface area contributed by atoms with Gasteiger partial charge in [-0.25, -0.2) is 8.42 Å². The number of nitrogens with zero attached hydrogens (tertiary/aromatic N) is 1. The second-order valence-electron chi connectivity index (χ2n) is 6.67. The zero-order chi connectivity index (χ0) is 17.0. The molecule has 132 valence electrons. The van der Waals surface area contributed by atoms with Gasteiger partial charge >= 0.3 is 0 Å². The maximum absolute atomic E-state index is 12.7. The van der Waals surface area contributed by atoms with Gasteiger partial charge in [0.1, 0.15) is 0 Å². The maximum Gasteiger partial charge on any atom is 0.279 e. The second-order valence-corrected chi connectivity index (χ2v) is 8.61. The molecule has 1 aromatic rings. The van der Waals surface area contributed by atoms with Crippen LogP contribution in [0.25, 0.3) is 0 Å². The van der Waals surface area contributed by atoms with Gasteiger partial charge in [-0.1, -0.05) is 12.5 Å². The molecule has 2 heterocycles. The van der Waals surface area contributed by atoms with E-state index in [9.17, 15) is 13.2 Å². The van der Waals surface area contributed by atoms with Crippen molar-refractivity contribution in [3.63, 3.8) is 0 Å². The van der Waals surface area contributed by atoms with Gasteiger partial charge in [0, 0.05) is 31.6 Å². The summed E-state index contributed by atoms with van der Waals surface area (Å²) in [6, 6.07) is 6.61. The number of sulfonamides is 1. The summed E-state index contributed by atoms with van der Waals surface area (Å²) in [5.41, 5.74) is 0.552. The predicted molar refractivity (Wildman–Crippen MR) is 92.5 cm³/mol. The van der Waals surface area contributed by atoms with E-state index in [-0.39, 0.29) is 10.8 Å². The number of piperidine rings is 1. The van der Waals surface area contributed by atoms with Gasteiger partial charge in [-0.2, -0.15) is 4.31 Å². The third-order valence-electron chi connectivity index (χ3n) is 4.79. The Kier molecular flexibility index (Phi) is 5.53. The molecule has 0 aromatic heterocycles.